The van der Waals surface area contributed by atoms with Crippen LogP contribution < -0.4 is 0 Å². The Morgan fingerprint density at radius 2 is 0.683 bits per heavy atom. The normalized spacial score (nSPS) is 12.1. The van der Waals surface area contributed by atoms with Crippen molar-refractivity contribution >= 4 is 98.0 Å². The third-order valence-corrected chi connectivity index (χ3v) is 17.3. The summed E-state index contributed by atoms with van der Waals surface area (Å²) in [5.41, 5.74) is 20.6. The number of fused-ring (bicyclic) bond motifs is 15. The van der Waals surface area contributed by atoms with Gasteiger partial charge in [0.05, 0.1) is 67.2 Å². The third-order valence-electron chi connectivity index (χ3n) is 17.3. The minimum Gasteiger partial charge on any atom is -0.309 e. The average molecular weight is 1040 g/mol. The van der Waals surface area contributed by atoms with Crippen LogP contribution in [0, 0.1) is 11.3 Å². The molecule has 5 heterocycles. The zero-order valence-electron chi connectivity index (χ0n) is 44.0. The molecular formula is C75H43N7. The van der Waals surface area contributed by atoms with Gasteiger partial charge < -0.3 is 18.3 Å². The van der Waals surface area contributed by atoms with Crippen molar-refractivity contribution in [3.8, 4) is 73.8 Å². The Bertz CT molecular complexity index is 5300. The first-order valence-electron chi connectivity index (χ1n) is 27.8. The molecule has 18 rings (SSSR count). The number of hydrogen-bond acceptors (Lipinski definition) is 3. The lowest BCUT2D eigenvalue weighted by molar-refractivity contribution is 1.12. The Balaban J connectivity index is 0.931. The second-order valence-corrected chi connectivity index (χ2v) is 21.6. The quantitative estimate of drug-likeness (QED) is 0.167. The minimum atomic E-state index is 0.585. The van der Waals surface area contributed by atoms with Gasteiger partial charge in [-0.05, 0) is 132 Å². The zero-order chi connectivity index (χ0) is 53.7. The summed E-state index contributed by atoms with van der Waals surface area (Å²) in [6, 6.07) is 96.4. The van der Waals surface area contributed by atoms with Crippen molar-refractivity contribution in [2.24, 2.45) is 0 Å². The Kier molecular flexibility index (Phi) is 9.17. The minimum absolute atomic E-state index is 0.585. The lowest BCUT2D eigenvalue weighted by Crippen LogP contribution is -2.03. The standard InChI is InChI=1S/C75H43N7/c76-44-45-31-33-47(34-32-45)75-77-73(72-59-23-13-15-46-16-14-24-60(71(46)59)74(72)78-75)48-39-51(81-67-29-11-5-21-57(67)61-42-49(35-37-69(61)81)79-63-25-7-1-17-53(63)54-18-2-8-26-64(54)79)41-52(40-48)82-68-30-12-6-22-58(68)62-43-50(36-38-70(62)82)80-65-27-9-3-19-55(65)56-20-4-10-28-66(56)80/h1-43H. The maximum absolute atomic E-state index is 9.86. The van der Waals surface area contributed by atoms with E-state index >= 15 is 0 Å². The zero-order valence-corrected chi connectivity index (χ0v) is 44.0. The number of aromatic nitrogens is 6. The molecule has 7 nitrogen and oxygen atoms in total. The molecule has 0 unspecified atom stereocenters. The number of hydrogen-bond donors (Lipinski definition) is 0. The Labute approximate surface area is 469 Å². The first-order chi connectivity index (χ1) is 40.6. The van der Waals surface area contributed by atoms with Gasteiger partial charge in [-0.3, -0.25) is 0 Å². The van der Waals surface area contributed by atoms with Gasteiger partial charge in [-0.15, -0.1) is 0 Å². The Morgan fingerprint density at radius 3 is 1.13 bits per heavy atom. The number of benzene rings is 12. The lowest BCUT2D eigenvalue weighted by atomic mass is 9.98. The van der Waals surface area contributed by atoms with E-state index in [9.17, 15) is 5.26 Å². The van der Waals surface area contributed by atoms with Gasteiger partial charge in [0.25, 0.3) is 0 Å². The van der Waals surface area contributed by atoms with Crippen molar-refractivity contribution in [2.75, 3.05) is 0 Å². The van der Waals surface area contributed by atoms with Gasteiger partial charge in [-0.25, -0.2) is 9.97 Å². The van der Waals surface area contributed by atoms with Crippen molar-refractivity contribution in [1.82, 2.24) is 28.2 Å². The van der Waals surface area contributed by atoms with Crippen LogP contribution >= 0.6 is 0 Å². The van der Waals surface area contributed by atoms with E-state index in [-0.39, 0.29) is 0 Å². The van der Waals surface area contributed by atoms with Crippen molar-refractivity contribution < 1.29 is 0 Å². The number of rotatable bonds is 6. The fraction of sp³-hybridized carbons (Fsp3) is 0. The average Bonchev–Trinajstić information content (AvgIpc) is 3.25. The van der Waals surface area contributed by atoms with Crippen LogP contribution in [0.3, 0.4) is 0 Å². The molecule has 0 amide bonds. The van der Waals surface area contributed by atoms with E-state index < -0.39 is 0 Å². The molecule has 5 aromatic heterocycles. The maximum atomic E-state index is 9.86. The smallest absolute Gasteiger partial charge is 0.160 e. The van der Waals surface area contributed by atoms with Gasteiger partial charge in [0.15, 0.2) is 5.82 Å². The largest absolute Gasteiger partial charge is 0.309 e. The van der Waals surface area contributed by atoms with E-state index in [2.05, 4.69) is 261 Å². The summed E-state index contributed by atoms with van der Waals surface area (Å²) in [5, 5.41) is 21.8. The van der Waals surface area contributed by atoms with Crippen LogP contribution in [-0.4, -0.2) is 28.2 Å². The molecule has 378 valence electrons. The highest BCUT2D eigenvalue weighted by atomic mass is 15.0. The highest BCUT2D eigenvalue weighted by Crippen LogP contribution is 2.51. The van der Waals surface area contributed by atoms with Crippen LogP contribution in [0.1, 0.15) is 5.56 Å². The molecule has 1 aliphatic carbocycles. The lowest BCUT2D eigenvalue weighted by Gasteiger charge is -2.18. The summed E-state index contributed by atoms with van der Waals surface area (Å²) in [4.78, 5) is 11.1. The van der Waals surface area contributed by atoms with Crippen LogP contribution in [0.25, 0.3) is 166 Å². The molecule has 0 N–H and O–H groups in total. The topological polar surface area (TPSA) is 69.3 Å². The molecule has 82 heavy (non-hydrogen) atoms. The van der Waals surface area contributed by atoms with Crippen LogP contribution in [0.15, 0.2) is 261 Å². The fourth-order valence-electron chi connectivity index (χ4n) is 13.8. The Morgan fingerprint density at radius 1 is 0.293 bits per heavy atom. The number of nitrogens with zero attached hydrogens (tertiary/aromatic N) is 7. The fourth-order valence-corrected chi connectivity index (χ4v) is 13.8. The van der Waals surface area contributed by atoms with Gasteiger partial charge >= 0.3 is 0 Å². The van der Waals surface area contributed by atoms with Crippen molar-refractivity contribution in [3.05, 3.63) is 266 Å². The van der Waals surface area contributed by atoms with E-state index in [1.807, 2.05) is 24.3 Å². The van der Waals surface area contributed by atoms with Gasteiger partial charge in [0.2, 0.25) is 0 Å². The van der Waals surface area contributed by atoms with Crippen molar-refractivity contribution in [2.45, 2.75) is 0 Å². The van der Waals surface area contributed by atoms with Gasteiger partial charge in [0, 0.05) is 88.1 Å². The first kappa shape index (κ1) is 44.6. The molecule has 1 aliphatic rings. The molecule has 0 fully saturated rings. The third kappa shape index (κ3) is 6.23. The monoisotopic (exact) mass is 1040 g/mol. The van der Waals surface area contributed by atoms with Crippen LogP contribution in [-0.2, 0) is 0 Å². The molecule has 0 saturated carbocycles. The van der Waals surface area contributed by atoms with Crippen LogP contribution in [0.4, 0.5) is 0 Å². The maximum Gasteiger partial charge on any atom is 0.160 e. The molecule has 17 aromatic rings. The molecule has 7 heteroatoms. The number of nitriles is 1. The molecular weight excluding hydrogens is 999 g/mol. The summed E-state index contributed by atoms with van der Waals surface area (Å²) in [6.45, 7) is 0. The second kappa shape index (κ2) is 16.8. The van der Waals surface area contributed by atoms with E-state index in [1.54, 1.807) is 0 Å². The molecule has 0 atom stereocenters. The predicted molar refractivity (Wildman–Crippen MR) is 337 cm³/mol. The summed E-state index contributed by atoms with van der Waals surface area (Å²) >= 11 is 0. The second-order valence-electron chi connectivity index (χ2n) is 21.6. The molecule has 0 aliphatic heterocycles. The van der Waals surface area contributed by atoms with Gasteiger partial charge in [-0.1, -0.05) is 146 Å². The molecule has 0 saturated heterocycles. The van der Waals surface area contributed by atoms with E-state index in [0.717, 1.165) is 111 Å². The van der Waals surface area contributed by atoms with Crippen molar-refractivity contribution in [1.29, 1.82) is 5.26 Å². The first-order valence-corrected chi connectivity index (χ1v) is 27.8. The van der Waals surface area contributed by atoms with Crippen LogP contribution in [0.2, 0.25) is 0 Å². The highest BCUT2D eigenvalue weighted by Gasteiger charge is 2.30. The summed E-state index contributed by atoms with van der Waals surface area (Å²) in [5.74, 6) is 0.596. The molecule has 12 aromatic carbocycles. The van der Waals surface area contributed by atoms with Gasteiger partial charge in [-0.2, -0.15) is 5.26 Å². The van der Waals surface area contributed by atoms with E-state index in [1.165, 1.54) is 49.0 Å². The Hall–Kier alpha value is -11.3. The number of para-hydroxylation sites is 6. The highest BCUT2D eigenvalue weighted by molar-refractivity contribution is 6.18. The van der Waals surface area contributed by atoms with Crippen LogP contribution in [0.5, 0.6) is 0 Å². The van der Waals surface area contributed by atoms with Crippen molar-refractivity contribution in [3.63, 3.8) is 0 Å². The summed E-state index contributed by atoms with van der Waals surface area (Å²) in [6.07, 6.45) is 0. The predicted octanol–water partition coefficient (Wildman–Crippen LogP) is 18.9. The molecule has 0 spiro atoms. The van der Waals surface area contributed by atoms with E-state index in [4.69, 9.17) is 9.97 Å². The van der Waals surface area contributed by atoms with Gasteiger partial charge in [0.1, 0.15) is 0 Å². The molecule has 0 bridgehead atoms. The SMILES string of the molecule is N#Cc1ccc(-c2nc(-c3cc(-n4c5ccccc5c5cc(-n6c7ccccc7c7ccccc76)ccc54)cc(-n4c5ccccc5c5cc(-n6c7ccccc7c7ccccc76)ccc54)c3)c3c(n2)-c2cccc4cccc-3c24)cc1. The summed E-state index contributed by atoms with van der Waals surface area (Å²) < 4.78 is 9.70. The van der Waals surface area contributed by atoms with E-state index in [0.29, 0.717) is 11.4 Å². The summed E-state index contributed by atoms with van der Waals surface area (Å²) in [7, 11) is 0. The molecule has 0 radical (unpaired) electrons.